The van der Waals surface area contributed by atoms with Crippen LogP contribution in [-0.2, 0) is 7.05 Å². The molecular weight excluding hydrogens is 200 g/mol. The highest BCUT2D eigenvalue weighted by Crippen LogP contribution is 2.20. The number of hydrogen-bond donors (Lipinski definition) is 0. The molecule has 0 aliphatic rings. The molecule has 0 radical (unpaired) electrons. The molecule has 0 unspecified atom stereocenters. The molecule has 0 fully saturated rings. The summed E-state index contributed by atoms with van der Waals surface area (Å²) in [6.45, 7) is 0. The Morgan fingerprint density at radius 1 is 1.00 bits per heavy atom. The lowest BCUT2D eigenvalue weighted by molar-refractivity contribution is 0.941. The standard InChI is InChI=1S/C12H10N4/c1-16-11(9-5-3-2-4-6-9)15-10-12(16)14-8-7-13-10/h2-8H,1H3. The van der Waals surface area contributed by atoms with Crippen molar-refractivity contribution in [3.63, 3.8) is 0 Å². The predicted octanol–water partition coefficient (Wildman–Crippen LogP) is 2.03. The van der Waals surface area contributed by atoms with E-state index in [1.54, 1.807) is 12.4 Å². The van der Waals surface area contributed by atoms with Crippen LogP contribution in [0.15, 0.2) is 42.7 Å². The Hall–Kier alpha value is -2.23. The van der Waals surface area contributed by atoms with Crippen molar-refractivity contribution in [3.05, 3.63) is 42.7 Å². The Morgan fingerprint density at radius 2 is 1.75 bits per heavy atom. The van der Waals surface area contributed by atoms with Gasteiger partial charge in [0.2, 0.25) is 0 Å². The molecule has 0 amide bonds. The number of rotatable bonds is 1. The highest BCUT2D eigenvalue weighted by Gasteiger charge is 2.10. The summed E-state index contributed by atoms with van der Waals surface area (Å²) < 4.78 is 1.96. The second-order valence-corrected chi connectivity index (χ2v) is 3.56. The average molecular weight is 210 g/mol. The molecule has 0 N–H and O–H groups in total. The molecule has 0 spiro atoms. The minimum Gasteiger partial charge on any atom is -0.310 e. The molecule has 2 aromatic heterocycles. The number of aryl methyl sites for hydroxylation is 1. The molecule has 1 aromatic carbocycles. The first-order valence-corrected chi connectivity index (χ1v) is 5.05. The van der Waals surface area contributed by atoms with Crippen LogP contribution < -0.4 is 0 Å². The van der Waals surface area contributed by atoms with Gasteiger partial charge in [-0.2, -0.15) is 0 Å². The predicted molar refractivity (Wildman–Crippen MR) is 61.7 cm³/mol. The van der Waals surface area contributed by atoms with E-state index in [1.165, 1.54) is 0 Å². The topological polar surface area (TPSA) is 43.6 Å². The molecule has 0 aliphatic heterocycles. The molecule has 4 heteroatoms. The molecular formula is C12H10N4. The zero-order valence-electron chi connectivity index (χ0n) is 8.83. The Labute approximate surface area is 92.6 Å². The van der Waals surface area contributed by atoms with E-state index < -0.39 is 0 Å². The fraction of sp³-hybridized carbons (Fsp3) is 0.0833. The monoisotopic (exact) mass is 210 g/mol. The zero-order valence-corrected chi connectivity index (χ0v) is 8.83. The Balaban J connectivity index is 2.29. The minimum atomic E-state index is 0.684. The van der Waals surface area contributed by atoms with E-state index in [2.05, 4.69) is 15.0 Å². The van der Waals surface area contributed by atoms with Gasteiger partial charge >= 0.3 is 0 Å². The lowest BCUT2D eigenvalue weighted by atomic mass is 10.2. The summed E-state index contributed by atoms with van der Waals surface area (Å²) in [5.74, 6) is 0.891. The minimum absolute atomic E-state index is 0.684. The summed E-state index contributed by atoms with van der Waals surface area (Å²) in [4.78, 5) is 12.9. The van der Waals surface area contributed by atoms with Crippen LogP contribution in [0.5, 0.6) is 0 Å². The zero-order chi connectivity index (χ0) is 11.0. The van der Waals surface area contributed by atoms with Crippen LogP contribution in [0.1, 0.15) is 0 Å². The van der Waals surface area contributed by atoms with Gasteiger partial charge in [0.05, 0.1) is 0 Å². The van der Waals surface area contributed by atoms with Gasteiger partial charge in [0.25, 0.3) is 0 Å². The van der Waals surface area contributed by atoms with E-state index in [9.17, 15) is 0 Å². The molecule has 16 heavy (non-hydrogen) atoms. The number of fused-ring (bicyclic) bond motifs is 1. The van der Waals surface area contributed by atoms with Crippen molar-refractivity contribution in [2.75, 3.05) is 0 Å². The average Bonchev–Trinajstić information content (AvgIpc) is 2.69. The van der Waals surface area contributed by atoms with Crippen LogP contribution in [0, 0.1) is 0 Å². The third-order valence-corrected chi connectivity index (χ3v) is 2.54. The number of benzene rings is 1. The number of hydrogen-bond acceptors (Lipinski definition) is 3. The highest BCUT2D eigenvalue weighted by atomic mass is 15.1. The van der Waals surface area contributed by atoms with Gasteiger partial charge in [-0.1, -0.05) is 30.3 Å². The maximum atomic E-state index is 4.47. The van der Waals surface area contributed by atoms with Gasteiger partial charge in [0.1, 0.15) is 5.82 Å². The van der Waals surface area contributed by atoms with Crippen molar-refractivity contribution < 1.29 is 0 Å². The largest absolute Gasteiger partial charge is 0.310 e. The molecule has 2 heterocycles. The van der Waals surface area contributed by atoms with Crippen LogP contribution in [0.2, 0.25) is 0 Å². The van der Waals surface area contributed by atoms with Gasteiger partial charge < -0.3 is 4.57 Å². The first kappa shape index (κ1) is 9.03. The van der Waals surface area contributed by atoms with Crippen LogP contribution in [0.25, 0.3) is 22.7 Å². The third-order valence-electron chi connectivity index (χ3n) is 2.54. The second-order valence-electron chi connectivity index (χ2n) is 3.56. The van der Waals surface area contributed by atoms with E-state index in [4.69, 9.17) is 0 Å². The first-order valence-electron chi connectivity index (χ1n) is 5.05. The molecule has 3 aromatic rings. The SMILES string of the molecule is Cn1c(-c2ccccc2)nc2nccnc21. The van der Waals surface area contributed by atoms with Crippen molar-refractivity contribution in [3.8, 4) is 11.4 Å². The summed E-state index contributed by atoms with van der Waals surface area (Å²) in [7, 11) is 1.95. The van der Waals surface area contributed by atoms with Crippen LogP contribution in [-0.4, -0.2) is 19.5 Å². The van der Waals surface area contributed by atoms with Gasteiger partial charge in [0, 0.05) is 25.0 Å². The van der Waals surface area contributed by atoms with Gasteiger partial charge in [0.15, 0.2) is 11.3 Å². The smallest absolute Gasteiger partial charge is 0.197 e. The first-order chi connectivity index (χ1) is 7.86. The molecule has 4 nitrogen and oxygen atoms in total. The number of nitrogens with zero attached hydrogens (tertiary/aromatic N) is 4. The maximum absolute atomic E-state index is 4.47. The van der Waals surface area contributed by atoms with Crippen molar-refractivity contribution in [2.24, 2.45) is 7.05 Å². The lowest BCUT2D eigenvalue weighted by Crippen LogP contribution is -1.93. The van der Waals surface area contributed by atoms with E-state index in [-0.39, 0.29) is 0 Å². The van der Waals surface area contributed by atoms with Crippen LogP contribution >= 0.6 is 0 Å². The van der Waals surface area contributed by atoms with Gasteiger partial charge in [-0.15, -0.1) is 0 Å². The maximum Gasteiger partial charge on any atom is 0.197 e. The van der Waals surface area contributed by atoms with Crippen molar-refractivity contribution in [1.82, 2.24) is 19.5 Å². The molecule has 0 aliphatic carbocycles. The summed E-state index contributed by atoms with van der Waals surface area (Å²) in [6, 6.07) is 10.0. The molecule has 0 bridgehead atoms. The third kappa shape index (κ3) is 1.27. The van der Waals surface area contributed by atoms with E-state index in [0.29, 0.717) is 5.65 Å². The van der Waals surface area contributed by atoms with Crippen LogP contribution in [0.4, 0.5) is 0 Å². The fourth-order valence-electron chi connectivity index (χ4n) is 1.76. The lowest BCUT2D eigenvalue weighted by Gasteiger charge is -2.00. The normalized spacial score (nSPS) is 10.8. The Kier molecular flexibility index (Phi) is 1.93. The Bertz CT molecular complexity index is 628. The molecule has 0 saturated heterocycles. The van der Waals surface area contributed by atoms with Crippen molar-refractivity contribution in [2.45, 2.75) is 0 Å². The fourth-order valence-corrected chi connectivity index (χ4v) is 1.76. The molecule has 0 atom stereocenters. The van der Waals surface area contributed by atoms with E-state index in [1.807, 2.05) is 41.9 Å². The van der Waals surface area contributed by atoms with Crippen molar-refractivity contribution in [1.29, 1.82) is 0 Å². The summed E-state index contributed by atoms with van der Waals surface area (Å²) in [5, 5.41) is 0. The molecule has 3 rings (SSSR count). The van der Waals surface area contributed by atoms with E-state index >= 15 is 0 Å². The Morgan fingerprint density at radius 3 is 2.50 bits per heavy atom. The van der Waals surface area contributed by atoms with Gasteiger partial charge in [-0.25, -0.2) is 15.0 Å². The summed E-state index contributed by atoms with van der Waals surface area (Å²) in [5.41, 5.74) is 2.56. The summed E-state index contributed by atoms with van der Waals surface area (Å²) in [6.07, 6.45) is 3.34. The van der Waals surface area contributed by atoms with Gasteiger partial charge in [-0.3, -0.25) is 0 Å². The van der Waals surface area contributed by atoms with Crippen LogP contribution in [0.3, 0.4) is 0 Å². The van der Waals surface area contributed by atoms with Gasteiger partial charge in [-0.05, 0) is 0 Å². The van der Waals surface area contributed by atoms with Crippen molar-refractivity contribution >= 4 is 11.3 Å². The second kappa shape index (κ2) is 3.41. The molecule has 78 valence electrons. The quantitative estimate of drug-likeness (QED) is 0.617. The number of aromatic nitrogens is 4. The molecule has 0 saturated carbocycles. The number of imidazole rings is 1. The highest BCUT2D eigenvalue weighted by molar-refractivity contribution is 5.73. The summed E-state index contributed by atoms with van der Waals surface area (Å²) >= 11 is 0. The van der Waals surface area contributed by atoms with E-state index in [0.717, 1.165) is 17.0 Å².